The number of carbonyl (C=O) groups is 1. The molecule has 0 spiro atoms. The number of aryl methyl sites for hydroxylation is 1. The maximum atomic E-state index is 12.9. The third kappa shape index (κ3) is 4.25. The van der Waals surface area contributed by atoms with E-state index in [1.54, 1.807) is 25.4 Å². The molecule has 0 aliphatic carbocycles. The molecule has 1 aromatic carbocycles. The fourth-order valence-electron chi connectivity index (χ4n) is 2.85. The summed E-state index contributed by atoms with van der Waals surface area (Å²) in [6.07, 6.45) is 2.54. The van der Waals surface area contributed by atoms with Gasteiger partial charge in [0.25, 0.3) is 0 Å². The molecule has 1 amide bonds. The molecular formula is C17H19FN2O4S. The van der Waals surface area contributed by atoms with E-state index in [0.717, 1.165) is 0 Å². The first-order valence-corrected chi connectivity index (χ1v) is 9.83. The van der Waals surface area contributed by atoms with Gasteiger partial charge in [-0.05, 0) is 30.7 Å². The summed E-state index contributed by atoms with van der Waals surface area (Å²) >= 11 is 0. The van der Waals surface area contributed by atoms with Crippen LogP contribution in [0.5, 0.6) is 0 Å². The second-order valence-corrected chi connectivity index (χ2v) is 8.42. The monoisotopic (exact) mass is 366 g/mol. The Bertz CT molecular complexity index is 861. The normalized spacial score (nSPS) is 19.0. The van der Waals surface area contributed by atoms with Gasteiger partial charge in [-0.2, -0.15) is 0 Å². The summed E-state index contributed by atoms with van der Waals surface area (Å²) in [5, 5.41) is 0. The van der Waals surface area contributed by atoms with Crippen LogP contribution in [0.25, 0.3) is 11.3 Å². The molecule has 6 nitrogen and oxygen atoms in total. The van der Waals surface area contributed by atoms with Gasteiger partial charge in [0.15, 0.2) is 21.5 Å². The molecule has 0 radical (unpaired) electrons. The maximum Gasteiger partial charge on any atom is 0.223 e. The van der Waals surface area contributed by atoms with Crippen molar-refractivity contribution in [1.82, 2.24) is 9.88 Å². The van der Waals surface area contributed by atoms with E-state index >= 15 is 0 Å². The molecule has 0 N–H and O–H groups in total. The molecule has 25 heavy (non-hydrogen) atoms. The van der Waals surface area contributed by atoms with Gasteiger partial charge in [0.2, 0.25) is 5.91 Å². The average molecular weight is 366 g/mol. The summed E-state index contributed by atoms with van der Waals surface area (Å²) < 4.78 is 41.6. The van der Waals surface area contributed by atoms with Crippen molar-refractivity contribution < 1.29 is 22.0 Å². The molecular weight excluding hydrogens is 347 g/mol. The first-order valence-electron chi connectivity index (χ1n) is 8.01. The van der Waals surface area contributed by atoms with Crippen LogP contribution in [-0.2, 0) is 21.1 Å². The van der Waals surface area contributed by atoms with E-state index in [1.807, 2.05) is 0 Å². The molecule has 1 saturated heterocycles. The van der Waals surface area contributed by atoms with E-state index in [2.05, 4.69) is 4.98 Å². The number of halogens is 1. The van der Waals surface area contributed by atoms with Gasteiger partial charge in [-0.25, -0.2) is 17.8 Å². The van der Waals surface area contributed by atoms with Crippen LogP contribution in [0.15, 0.2) is 34.9 Å². The van der Waals surface area contributed by atoms with Gasteiger partial charge in [0.05, 0.1) is 17.7 Å². The largest absolute Gasteiger partial charge is 0.441 e. The standard InChI is InChI=1S/C17H19FN2O4S/c1-20(14-8-9-25(22,23)11-14)17(21)7-6-16-19-10-15(24-16)12-2-4-13(18)5-3-12/h2-5,10,14H,6-9,11H2,1H3/t14-/m1/s1. The fourth-order valence-corrected chi connectivity index (χ4v) is 4.62. The zero-order valence-electron chi connectivity index (χ0n) is 13.8. The lowest BCUT2D eigenvalue weighted by Crippen LogP contribution is -2.37. The molecule has 1 fully saturated rings. The summed E-state index contributed by atoms with van der Waals surface area (Å²) in [5.41, 5.74) is 0.708. The summed E-state index contributed by atoms with van der Waals surface area (Å²) in [6.45, 7) is 0. The zero-order chi connectivity index (χ0) is 18.0. The molecule has 1 aliphatic heterocycles. The van der Waals surface area contributed by atoms with Crippen LogP contribution in [-0.4, -0.2) is 48.8 Å². The lowest BCUT2D eigenvalue weighted by molar-refractivity contribution is -0.131. The lowest BCUT2D eigenvalue weighted by atomic mass is 10.2. The minimum Gasteiger partial charge on any atom is -0.441 e. The number of hydrogen-bond acceptors (Lipinski definition) is 5. The molecule has 1 aromatic heterocycles. The smallest absolute Gasteiger partial charge is 0.223 e. The van der Waals surface area contributed by atoms with E-state index in [-0.39, 0.29) is 35.7 Å². The van der Waals surface area contributed by atoms with Crippen LogP contribution in [0.3, 0.4) is 0 Å². The highest BCUT2D eigenvalue weighted by Gasteiger charge is 2.32. The summed E-state index contributed by atoms with van der Waals surface area (Å²) in [4.78, 5) is 17.9. The van der Waals surface area contributed by atoms with E-state index in [4.69, 9.17) is 4.42 Å². The van der Waals surface area contributed by atoms with Gasteiger partial charge in [-0.3, -0.25) is 4.79 Å². The highest BCUT2D eigenvalue weighted by atomic mass is 32.2. The van der Waals surface area contributed by atoms with Gasteiger partial charge < -0.3 is 9.32 Å². The number of amides is 1. The SMILES string of the molecule is CN(C(=O)CCc1ncc(-c2ccc(F)cc2)o1)[C@@H]1CCS(=O)(=O)C1. The molecule has 0 bridgehead atoms. The highest BCUT2D eigenvalue weighted by Crippen LogP contribution is 2.22. The Hall–Kier alpha value is -2.22. The molecule has 8 heteroatoms. The van der Waals surface area contributed by atoms with E-state index in [0.29, 0.717) is 30.1 Å². The Kier molecular flexibility index (Phi) is 4.89. The van der Waals surface area contributed by atoms with Crippen molar-refractivity contribution in [3.05, 3.63) is 42.2 Å². The molecule has 3 rings (SSSR count). The van der Waals surface area contributed by atoms with Crippen molar-refractivity contribution in [2.75, 3.05) is 18.6 Å². The van der Waals surface area contributed by atoms with Crippen molar-refractivity contribution in [3.63, 3.8) is 0 Å². The Morgan fingerprint density at radius 3 is 2.72 bits per heavy atom. The fraction of sp³-hybridized carbons (Fsp3) is 0.412. The second kappa shape index (κ2) is 6.95. The number of carbonyl (C=O) groups excluding carboxylic acids is 1. The van der Waals surface area contributed by atoms with Crippen molar-refractivity contribution in [1.29, 1.82) is 0 Å². The number of sulfone groups is 1. The zero-order valence-corrected chi connectivity index (χ0v) is 14.6. The van der Waals surface area contributed by atoms with E-state index in [1.165, 1.54) is 17.0 Å². The molecule has 0 saturated carbocycles. The van der Waals surface area contributed by atoms with Gasteiger partial charge in [-0.1, -0.05) is 0 Å². The topological polar surface area (TPSA) is 80.5 Å². The van der Waals surface area contributed by atoms with Gasteiger partial charge in [0, 0.05) is 31.5 Å². The van der Waals surface area contributed by atoms with Crippen LogP contribution in [0.2, 0.25) is 0 Å². The van der Waals surface area contributed by atoms with Crippen LogP contribution in [0, 0.1) is 5.82 Å². The minimum atomic E-state index is -3.02. The van der Waals surface area contributed by atoms with Crippen molar-refractivity contribution in [3.8, 4) is 11.3 Å². The van der Waals surface area contributed by atoms with Crippen LogP contribution < -0.4 is 0 Å². The van der Waals surface area contributed by atoms with Crippen molar-refractivity contribution >= 4 is 15.7 Å². The van der Waals surface area contributed by atoms with Crippen LogP contribution in [0.4, 0.5) is 4.39 Å². The van der Waals surface area contributed by atoms with E-state index < -0.39 is 9.84 Å². The number of rotatable bonds is 5. The molecule has 0 unspecified atom stereocenters. The Labute approximate surface area is 145 Å². The molecule has 1 aliphatic rings. The highest BCUT2D eigenvalue weighted by molar-refractivity contribution is 7.91. The first-order chi connectivity index (χ1) is 11.8. The third-order valence-corrected chi connectivity index (χ3v) is 6.13. The predicted molar refractivity (Wildman–Crippen MR) is 90.0 cm³/mol. The van der Waals surface area contributed by atoms with Gasteiger partial charge in [0.1, 0.15) is 5.82 Å². The summed E-state index contributed by atoms with van der Waals surface area (Å²) in [6, 6.07) is 5.62. The molecule has 134 valence electrons. The van der Waals surface area contributed by atoms with Gasteiger partial charge in [-0.15, -0.1) is 0 Å². The maximum absolute atomic E-state index is 12.9. The number of benzene rings is 1. The van der Waals surface area contributed by atoms with Gasteiger partial charge >= 0.3 is 0 Å². The minimum absolute atomic E-state index is 0.0307. The predicted octanol–water partition coefficient (Wildman–Crippen LogP) is 2.06. The molecule has 2 heterocycles. The van der Waals surface area contributed by atoms with Crippen molar-refractivity contribution in [2.45, 2.75) is 25.3 Å². The lowest BCUT2D eigenvalue weighted by Gasteiger charge is -2.23. The van der Waals surface area contributed by atoms with Crippen LogP contribution >= 0.6 is 0 Å². The Morgan fingerprint density at radius 2 is 2.08 bits per heavy atom. The number of hydrogen-bond donors (Lipinski definition) is 0. The van der Waals surface area contributed by atoms with E-state index in [9.17, 15) is 17.6 Å². The summed E-state index contributed by atoms with van der Waals surface area (Å²) in [5.74, 6) is 0.631. The first kappa shape index (κ1) is 17.6. The second-order valence-electron chi connectivity index (χ2n) is 6.19. The Morgan fingerprint density at radius 1 is 1.36 bits per heavy atom. The summed E-state index contributed by atoms with van der Waals surface area (Å²) in [7, 11) is -1.39. The number of aromatic nitrogens is 1. The number of nitrogens with zero attached hydrogens (tertiary/aromatic N) is 2. The Balaban J connectivity index is 1.57. The average Bonchev–Trinajstić information content (AvgIpc) is 3.19. The molecule has 2 aromatic rings. The van der Waals surface area contributed by atoms with Crippen molar-refractivity contribution in [2.24, 2.45) is 0 Å². The quantitative estimate of drug-likeness (QED) is 0.809. The third-order valence-electron chi connectivity index (χ3n) is 4.38. The van der Waals surface area contributed by atoms with Crippen LogP contribution in [0.1, 0.15) is 18.7 Å². The number of oxazole rings is 1. The molecule has 1 atom stereocenters.